The van der Waals surface area contributed by atoms with Gasteiger partial charge in [0, 0.05) is 18.8 Å². The molecule has 2 amide bonds. The average molecular weight is 311 g/mol. The maximum Gasteiger partial charge on any atom is 0.312 e. The molecule has 0 bridgehead atoms. The van der Waals surface area contributed by atoms with Crippen molar-refractivity contribution in [2.45, 2.75) is 25.9 Å². The first-order chi connectivity index (χ1) is 11.2. The highest BCUT2D eigenvalue weighted by molar-refractivity contribution is 5.71. The maximum atomic E-state index is 10.7. The lowest BCUT2D eigenvalue weighted by Crippen LogP contribution is -2.28. The standard InChI is InChI=1S/C18H21N3O2/c19-18(22)21-11-13-3-6-16(7-4-13)20-12-14-5-8-17-15(10-14)2-1-9-23-17/h3-8,10,20H,1-2,9,11-12H2,(H3,19,21,22). The van der Waals surface area contributed by atoms with E-state index in [2.05, 4.69) is 28.8 Å². The molecule has 0 saturated heterocycles. The van der Waals surface area contributed by atoms with E-state index in [9.17, 15) is 4.79 Å². The van der Waals surface area contributed by atoms with Gasteiger partial charge in [0.05, 0.1) is 6.61 Å². The second kappa shape index (κ2) is 7.05. The van der Waals surface area contributed by atoms with Crippen LogP contribution in [0.25, 0.3) is 0 Å². The summed E-state index contributed by atoms with van der Waals surface area (Å²) in [6.45, 7) is 2.04. The fourth-order valence-electron chi connectivity index (χ4n) is 2.66. The summed E-state index contributed by atoms with van der Waals surface area (Å²) in [7, 11) is 0. The topological polar surface area (TPSA) is 76.4 Å². The van der Waals surface area contributed by atoms with E-state index >= 15 is 0 Å². The number of carbonyl (C=O) groups excluding carboxylic acids is 1. The van der Waals surface area contributed by atoms with Crippen molar-refractivity contribution < 1.29 is 9.53 Å². The van der Waals surface area contributed by atoms with Crippen LogP contribution in [0.4, 0.5) is 10.5 Å². The Bertz CT molecular complexity index is 683. The molecule has 2 aromatic rings. The molecule has 4 N–H and O–H groups in total. The fourth-order valence-corrected chi connectivity index (χ4v) is 2.66. The Kier molecular flexibility index (Phi) is 4.66. The SMILES string of the molecule is NC(=O)NCc1ccc(NCc2ccc3c(c2)CCCO3)cc1. The van der Waals surface area contributed by atoms with Crippen molar-refractivity contribution in [1.82, 2.24) is 5.32 Å². The van der Waals surface area contributed by atoms with Crippen LogP contribution in [0.2, 0.25) is 0 Å². The van der Waals surface area contributed by atoms with Gasteiger partial charge < -0.3 is 21.1 Å². The molecule has 0 saturated carbocycles. The van der Waals surface area contributed by atoms with E-state index in [0.29, 0.717) is 6.54 Å². The molecule has 5 heteroatoms. The number of benzene rings is 2. The molecule has 1 aliphatic heterocycles. The molecule has 0 spiro atoms. The summed E-state index contributed by atoms with van der Waals surface area (Å²) in [5.74, 6) is 1.02. The number of anilines is 1. The van der Waals surface area contributed by atoms with Gasteiger partial charge in [0.2, 0.25) is 0 Å². The number of nitrogens with two attached hydrogens (primary N) is 1. The van der Waals surface area contributed by atoms with Crippen LogP contribution in [-0.2, 0) is 19.5 Å². The van der Waals surface area contributed by atoms with Gasteiger partial charge in [-0.3, -0.25) is 0 Å². The second-order valence-corrected chi connectivity index (χ2v) is 5.66. The Morgan fingerprint density at radius 2 is 1.87 bits per heavy atom. The Morgan fingerprint density at radius 3 is 2.65 bits per heavy atom. The summed E-state index contributed by atoms with van der Waals surface area (Å²) in [6.07, 6.45) is 2.18. The Morgan fingerprint density at radius 1 is 1.09 bits per heavy atom. The van der Waals surface area contributed by atoms with Crippen LogP contribution in [0.5, 0.6) is 5.75 Å². The van der Waals surface area contributed by atoms with E-state index in [1.807, 2.05) is 24.3 Å². The normalized spacial score (nSPS) is 12.9. The lowest BCUT2D eigenvalue weighted by molar-refractivity contribution is 0.248. The Balaban J connectivity index is 1.56. The van der Waals surface area contributed by atoms with Crippen LogP contribution >= 0.6 is 0 Å². The van der Waals surface area contributed by atoms with Gasteiger partial charge in [0.1, 0.15) is 5.75 Å². The van der Waals surface area contributed by atoms with E-state index in [4.69, 9.17) is 10.5 Å². The van der Waals surface area contributed by atoms with Gasteiger partial charge in [-0.15, -0.1) is 0 Å². The van der Waals surface area contributed by atoms with Crippen molar-refractivity contribution in [3.05, 3.63) is 59.2 Å². The first kappa shape index (κ1) is 15.2. The smallest absolute Gasteiger partial charge is 0.312 e. The number of ether oxygens (including phenoxy) is 1. The number of hydrogen-bond acceptors (Lipinski definition) is 3. The average Bonchev–Trinajstić information content (AvgIpc) is 2.59. The lowest BCUT2D eigenvalue weighted by Gasteiger charge is -2.18. The highest BCUT2D eigenvalue weighted by atomic mass is 16.5. The summed E-state index contributed by atoms with van der Waals surface area (Å²) in [5.41, 5.74) is 9.66. The van der Waals surface area contributed by atoms with E-state index < -0.39 is 6.03 Å². The number of amides is 2. The van der Waals surface area contributed by atoms with Crippen LogP contribution in [0.15, 0.2) is 42.5 Å². The first-order valence-electron chi connectivity index (χ1n) is 7.81. The first-order valence-corrected chi connectivity index (χ1v) is 7.81. The quantitative estimate of drug-likeness (QED) is 0.794. The van der Waals surface area contributed by atoms with Crippen LogP contribution in [-0.4, -0.2) is 12.6 Å². The molecule has 0 atom stereocenters. The lowest BCUT2D eigenvalue weighted by atomic mass is 10.0. The summed E-state index contributed by atoms with van der Waals surface area (Å²) in [5, 5.41) is 5.98. The zero-order chi connectivity index (χ0) is 16.1. The summed E-state index contributed by atoms with van der Waals surface area (Å²) in [6, 6.07) is 13.8. The number of fused-ring (bicyclic) bond motifs is 1. The molecular weight excluding hydrogens is 290 g/mol. The molecule has 5 nitrogen and oxygen atoms in total. The molecule has 1 aliphatic rings. The maximum absolute atomic E-state index is 10.7. The summed E-state index contributed by atoms with van der Waals surface area (Å²) >= 11 is 0. The highest BCUT2D eigenvalue weighted by Gasteiger charge is 2.10. The predicted molar refractivity (Wildman–Crippen MR) is 90.4 cm³/mol. The molecule has 0 radical (unpaired) electrons. The number of carbonyl (C=O) groups is 1. The highest BCUT2D eigenvalue weighted by Crippen LogP contribution is 2.25. The number of aryl methyl sites for hydroxylation is 1. The van der Waals surface area contributed by atoms with Crippen molar-refractivity contribution in [3.8, 4) is 5.75 Å². The zero-order valence-corrected chi connectivity index (χ0v) is 13.0. The van der Waals surface area contributed by atoms with Gasteiger partial charge in [-0.2, -0.15) is 0 Å². The molecule has 1 heterocycles. The van der Waals surface area contributed by atoms with E-state index in [1.54, 1.807) is 0 Å². The van der Waals surface area contributed by atoms with Crippen molar-refractivity contribution in [3.63, 3.8) is 0 Å². The van der Waals surface area contributed by atoms with Crippen molar-refractivity contribution in [2.24, 2.45) is 5.73 Å². The molecule has 2 aromatic carbocycles. The summed E-state index contributed by atoms with van der Waals surface area (Å²) < 4.78 is 5.63. The Labute approximate surface area is 135 Å². The van der Waals surface area contributed by atoms with Gasteiger partial charge in [-0.1, -0.05) is 24.3 Å². The molecule has 0 fully saturated rings. The van der Waals surface area contributed by atoms with Crippen molar-refractivity contribution in [2.75, 3.05) is 11.9 Å². The molecule has 0 aliphatic carbocycles. The predicted octanol–water partition coefficient (Wildman–Crippen LogP) is 2.79. The molecule has 3 rings (SSSR count). The zero-order valence-electron chi connectivity index (χ0n) is 13.0. The number of urea groups is 1. The summed E-state index contributed by atoms with van der Waals surface area (Å²) in [4.78, 5) is 10.7. The van der Waals surface area contributed by atoms with Gasteiger partial charge in [-0.05, 0) is 47.7 Å². The van der Waals surface area contributed by atoms with Gasteiger partial charge in [-0.25, -0.2) is 4.79 Å². The van der Waals surface area contributed by atoms with Crippen LogP contribution in [0.1, 0.15) is 23.1 Å². The molecular formula is C18H21N3O2. The van der Waals surface area contributed by atoms with Crippen LogP contribution in [0.3, 0.4) is 0 Å². The van der Waals surface area contributed by atoms with Crippen LogP contribution in [0, 0.1) is 0 Å². The number of nitrogens with one attached hydrogen (secondary N) is 2. The molecule has 0 aromatic heterocycles. The second-order valence-electron chi connectivity index (χ2n) is 5.66. The van der Waals surface area contributed by atoms with Gasteiger partial charge in [0.25, 0.3) is 0 Å². The van der Waals surface area contributed by atoms with Crippen molar-refractivity contribution in [1.29, 1.82) is 0 Å². The molecule has 0 unspecified atom stereocenters. The monoisotopic (exact) mass is 311 g/mol. The number of primary amides is 1. The number of rotatable bonds is 5. The minimum absolute atomic E-state index is 0.445. The Hall–Kier alpha value is -2.69. The van der Waals surface area contributed by atoms with E-state index in [0.717, 1.165) is 43.0 Å². The minimum atomic E-state index is -0.511. The minimum Gasteiger partial charge on any atom is -0.493 e. The number of hydrogen-bond donors (Lipinski definition) is 3. The fraction of sp³-hybridized carbons (Fsp3) is 0.278. The molecule has 120 valence electrons. The van der Waals surface area contributed by atoms with Crippen LogP contribution < -0.4 is 21.1 Å². The largest absolute Gasteiger partial charge is 0.493 e. The molecule has 23 heavy (non-hydrogen) atoms. The third-order valence-corrected chi connectivity index (χ3v) is 3.89. The van der Waals surface area contributed by atoms with Crippen molar-refractivity contribution >= 4 is 11.7 Å². The van der Waals surface area contributed by atoms with E-state index in [-0.39, 0.29) is 0 Å². The van der Waals surface area contributed by atoms with Gasteiger partial charge >= 0.3 is 6.03 Å². The van der Waals surface area contributed by atoms with Gasteiger partial charge in [0.15, 0.2) is 0 Å². The third-order valence-electron chi connectivity index (χ3n) is 3.89. The van der Waals surface area contributed by atoms with E-state index in [1.165, 1.54) is 11.1 Å². The third kappa shape index (κ3) is 4.16.